The van der Waals surface area contributed by atoms with Crippen molar-refractivity contribution in [3.63, 3.8) is 0 Å². The molecule has 1 fully saturated rings. The highest BCUT2D eigenvalue weighted by molar-refractivity contribution is 5.19. The molecule has 0 atom stereocenters. The zero-order valence-electron chi connectivity index (χ0n) is 13.5. The third-order valence-electron chi connectivity index (χ3n) is 4.39. The Morgan fingerprint density at radius 1 is 1.35 bits per heavy atom. The average molecular weight is 278 g/mol. The van der Waals surface area contributed by atoms with Gasteiger partial charge in [0.15, 0.2) is 0 Å². The van der Waals surface area contributed by atoms with E-state index in [2.05, 4.69) is 42.3 Å². The summed E-state index contributed by atoms with van der Waals surface area (Å²) >= 11 is 0. The van der Waals surface area contributed by atoms with Crippen molar-refractivity contribution in [2.75, 3.05) is 26.2 Å². The van der Waals surface area contributed by atoms with E-state index in [-0.39, 0.29) is 0 Å². The highest BCUT2D eigenvalue weighted by Gasteiger charge is 2.18. The second-order valence-corrected chi connectivity index (χ2v) is 6.38. The van der Waals surface area contributed by atoms with Crippen molar-refractivity contribution in [1.82, 2.24) is 20.0 Å². The van der Waals surface area contributed by atoms with Gasteiger partial charge in [-0.2, -0.15) is 5.10 Å². The summed E-state index contributed by atoms with van der Waals surface area (Å²) in [5.41, 5.74) is 2.59. The number of piperidine rings is 1. The van der Waals surface area contributed by atoms with Gasteiger partial charge in [-0.05, 0) is 50.9 Å². The molecular weight excluding hydrogens is 248 g/mol. The van der Waals surface area contributed by atoms with E-state index in [0.29, 0.717) is 5.92 Å². The van der Waals surface area contributed by atoms with Crippen molar-refractivity contribution >= 4 is 0 Å². The molecule has 0 unspecified atom stereocenters. The Kier molecular flexibility index (Phi) is 5.61. The fourth-order valence-electron chi connectivity index (χ4n) is 3.09. The lowest BCUT2D eigenvalue weighted by atomic mass is 9.96. The van der Waals surface area contributed by atoms with Gasteiger partial charge in [-0.15, -0.1) is 0 Å². The first kappa shape index (κ1) is 15.5. The zero-order valence-corrected chi connectivity index (χ0v) is 13.5. The van der Waals surface area contributed by atoms with Crippen LogP contribution in [0.3, 0.4) is 0 Å². The third kappa shape index (κ3) is 4.06. The van der Waals surface area contributed by atoms with E-state index in [1.165, 1.54) is 43.7 Å². The molecule has 114 valence electrons. The van der Waals surface area contributed by atoms with Gasteiger partial charge in [-0.25, -0.2) is 0 Å². The second-order valence-electron chi connectivity index (χ2n) is 6.38. The molecule has 1 aromatic heterocycles. The molecule has 1 aliphatic rings. The van der Waals surface area contributed by atoms with E-state index in [9.17, 15) is 0 Å². The van der Waals surface area contributed by atoms with E-state index in [1.807, 2.05) is 11.7 Å². The second kappa shape index (κ2) is 7.23. The normalized spacial score (nSPS) is 18.1. The van der Waals surface area contributed by atoms with E-state index in [0.717, 1.165) is 19.0 Å². The van der Waals surface area contributed by atoms with Crippen LogP contribution in [0.4, 0.5) is 0 Å². The summed E-state index contributed by atoms with van der Waals surface area (Å²) in [5, 5.41) is 8.21. The number of likely N-dealkylation sites (tertiary alicyclic amines) is 1. The van der Waals surface area contributed by atoms with Crippen LogP contribution >= 0.6 is 0 Å². The lowest BCUT2D eigenvalue weighted by molar-refractivity contribution is 0.190. The molecule has 1 saturated heterocycles. The molecule has 0 spiro atoms. The first-order valence-corrected chi connectivity index (χ1v) is 8.05. The van der Waals surface area contributed by atoms with Gasteiger partial charge in [0.05, 0.1) is 5.69 Å². The molecule has 1 aromatic rings. The van der Waals surface area contributed by atoms with Gasteiger partial charge < -0.3 is 10.2 Å². The molecular formula is C16H30N4. The van der Waals surface area contributed by atoms with Gasteiger partial charge in [0.25, 0.3) is 0 Å². The largest absolute Gasteiger partial charge is 0.312 e. The van der Waals surface area contributed by atoms with Gasteiger partial charge in [-0.3, -0.25) is 4.68 Å². The highest BCUT2D eigenvalue weighted by Crippen LogP contribution is 2.18. The fourth-order valence-corrected chi connectivity index (χ4v) is 3.09. The molecule has 1 aliphatic heterocycles. The van der Waals surface area contributed by atoms with Gasteiger partial charge in [0.1, 0.15) is 0 Å². The highest BCUT2D eigenvalue weighted by atomic mass is 15.3. The van der Waals surface area contributed by atoms with Crippen molar-refractivity contribution in [2.24, 2.45) is 13.0 Å². The number of nitrogens with zero attached hydrogens (tertiary/aromatic N) is 3. The zero-order chi connectivity index (χ0) is 14.5. The van der Waals surface area contributed by atoms with Crippen LogP contribution in [0.2, 0.25) is 0 Å². The van der Waals surface area contributed by atoms with Crippen LogP contribution in [0.15, 0.2) is 6.20 Å². The van der Waals surface area contributed by atoms with Gasteiger partial charge in [0, 0.05) is 25.4 Å². The summed E-state index contributed by atoms with van der Waals surface area (Å²) < 4.78 is 1.94. The van der Waals surface area contributed by atoms with Crippen molar-refractivity contribution in [3.05, 3.63) is 17.5 Å². The SMILES string of the molecule is CCN1CCC(CNCc2cn(C)nc2C(C)C)CC1. The lowest BCUT2D eigenvalue weighted by Crippen LogP contribution is -2.37. The predicted octanol–water partition coefficient (Wildman–Crippen LogP) is 2.36. The van der Waals surface area contributed by atoms with Crippen LogP contribution in [0.25, 0.3) is 0 Å². The van der Waals surface area contributed by atoms with Crippen molar-refractivity contribution in [3.8, 4) is 0 Å². The Labute approximate surface area is 123 Å². The minimum atomic E-state index is 0.501. The van der Waals surface area contributed by atoms with E-state index < -0.39 is 0 Å². The van der Waals surface area contributed by atoms with Crippen molar-refractivity contribution in [2.45, 2.75) is 46.1 Å². The van der Waals surface area contributed by atoms with Gasteiger partial charge in [-0.1, -0.05) is 20.8 Å². The van der Waals surface area contributed by atoms with E-state index >= 15 is 0 Å². The molecule has 4 heteroatoms. The predicted molar refractivity (Wildman–Crippen MR) is 83.8 cm³/mol. The number of hydrogen-bond acceptors (Lipinski definition) is 3. The van der Waals surface area contributed by atoms with Crippen LogP contribution < -0.4 is 5.32 Å². The maximum absolute atomic E-state index is 4.57. The Morgan fingerprint density at radius 3 is 2.65 bits per heavy atom. The molecule has 4 nitrogen and oxygen atoms in total. The summed E-state index contributed by atoms with van der Waals surface area (Å²) in [7, 11) is 2.01. The summed E-state index contributed by atoms with van der Waals surface area (Å²) in [6, 6.07) is 0. The minimum absolute atomic E-state index is 0.501. The number of aromatic nitrogens is 2. The number of aryl methyl sites for hydroxylation is 1. The molecule has 0 saturated carbocycles. The quantitative estimate of drug-likeness (QED) is 0.867. The first-order chi connectivity index (χ1) is 9.60. The molecule has 2 heterocycles. The minimum Gasteiger partial charge on any atom is -0.312 e. The Morgan fingerprint density at radius 2 is 2.05 bits per heavy atom. The van der Waals surface area contributed by atoms with Crippen LogP contribution in [0.1, 0.15) is 50.8 Å². The Bertz CT molecular complexity index is 403. The van der Waals surface area contributed by atoms with E-state index in [4.69, 9.17) is 0 Å². The molecule has 0 bridgehead atoms. The average Bonchev–Trinajstić information content (AvgIpc) is 2.81. The third-order valence-corrected chi connectivity index (χ3v) is 4.39. The standard InChI is InChI=1S/C16H30N4/c1-5-20-8-6-14(7-9-20)10-17-11-15-12-19(4)18-16(15)13(2)3/h12-14,17H,5-11H2,1-4H3. The maximum Gasteiger partial charge on any atom is 0.0694 e. The maximum atomic E-state index is 4.57. The summed E-state index contributed by atoms with van der Waals surface area (Å²) in [5.74, 6) is 1.35. The van der Waals surface area contributed by atoms with Crippen LogP contribution in [-0.4, -0.2) is 40.9 Å². The number of rotatable bonds is 6. The summed E-state index contributed by atoms with van der Waals surface area (Å²) in [6.45, 7) is 12.5. The van der Waals surface area contributed by atoms with Crippen LogP contribution in [-0.2, 0) is 13.6 Å². The van der Waals surface area contributed by atoms with E-state index in [1.54, 1.807) is 0 Å². The van der Waals surface area contributed by atoms with Crippen LogP contribution in [0.5, 0.6) is 0 Å². The van der Waals surface area contributed by atoms with Crippen molar-refractivity contribution < 1.29 is 0 Å². The molecule has 0 aromatic carbocycles. The number of nitrogens with one attached hydrogen (secondary N) is 1. The summed E-state index contributed by atoms with van der Waals surface area (Å²) in [4.78, 5) is 2.55. The molecule has 0 aliphatic carbocycles. The topological polar surface area (TPSA) is 33.1 Å². The smallest absolute Gasteiger partial charge is 0.0694 e. The van der Waals surface area contributed by atoms with Crippen molar-refractivity contribution in [1.29, 1.82) is 0 Å². The molecule has 2 rings (SSSR count). The lowest BCUT2D eigenvalue weighted by Gasteiger charge is -2.31. The fraction of sp³-hybridized carbons (Fsp3) is 0.812. The Balaban J connectivity index is 1.76. The molecule has 0 amide bonds. The Hall–Kier alpha value is -0.870. The molecule has 20 heavy (non-hydrogen) atoms. The first-order valence-electron chi connectivity index (χ1n) is 8.05. The molecule has 0 radical (unpaired) electrons. The van der Waals surface area contributed by atoms with Crippen LogP contribution in [0, 0.1) is 5.92 Å². The summed E-state index contributed by atoms with van der Waals surface area (Å²) in [6.07, 6.45) is 4.83. The molecule has 1 N–H and O–H groups in total. The number of hydrogen-bond donors (Lipinski definition) is 1. The monoisotopic (exact) mass is 278 g/mol. The van der Waals surface area contributed by atoms with Gasteiger partial charge >= 0.3 is 0 Å². The van der Waals surface area contributed by atoms with Gasteiger partial charge in [0.2, 0.25) is 0 Å².